The van der Waals surface area contributed by atoms with Crippen molar-refractivity contribution in [3.05, 3.63) is 64.8 Å². The first-order chi connectivity index (χ1) is 13.2. The maximum Gasteiger partial charge on any atom is 0.267 e. The largest absolute Gasteiger partial charge is 0.320 e. The molecule has 0 radical (unpaired) electrons. The summed E-state index contributed by atoms with van der Waals surface area (Å²) in [5.41, 5.74) is 7.35. The van der Waals surface area contributed by atoms with Crippen molar-refractivity contribution in [2.24, 2.45) is 5.73 Å². The number of hydrogen-bond donors (Lipinski definition) is 2. The molecule has 3 aromatic heterocycles. The molecule has 1 amide bonds. The molecule has 9 nitrogen and oxygen atoms in total. The van der Waals surface area contributed by atoms with E-state index in [4.69, 9.17) is 5.73 Å². The number of carbonyl (C=O) groups is 1. The van der Waals surface area contributed by atoms with Crippen LogP contribution >= 0.6 is 15.9 Å². The van der Waals surface area contributed by atoms with E-state index in [9.17, 15) is 13.2 Å². The fourth-order valence-corrected chi connectivity index (χ4v) is 3.70. The summed E-state index contributed by atoms with van der Waals surface area (Å²) in [4.78, 5) is 20.3. The Labute approximate surface area is 170 Å². The van der Waals surface area contributed by atoms with Crippen LogP contribution in [0.25, 0.3) is 5.82 Å². The standard InChI is InChI=1S/C17H17BrN6O3S/c1-11-2-4-21-16(6-11)24-10-14(9-22-24)28(26,27)23-17(25)15(19)8-13-7-12(18)3-5-20-13/h2-7,9-10,15H,8,19H2,1H3,(H,23,25)/t15-/m0/s1. The van der Waals surface area contributed by atoms with E-state index in [1.165, 1.54) is 10.9 Å². The molecule has 0 aliphatic heterocycles. The lowest BCUT2D eigenvalue weighted by Gasteiger charge is -2.11. The molecule has 0 aliphatic carbocycles. The normalized spacial score (nSPS) is 12.5. The van der Waals surface area contributed by atoms with Gasteiger partial charge >= 0.3 is 0 Å². The fourth-order valence-electron chi connectivity index (χ4n) is 2.36. The van der Waals surface area contributed by atoms with E-state index in [-0.39, 0.29) is 11.3 Å². The van der Waals surface area contributed by atoms with Gasteiger partial charge in [0.1, 0.15) is 4.90 Å². The molecule has 0 saturated heterocycles. The first kappa shape index (κ1) is 20.1. The number of pyridine rings is 2. The van der Waals surface area contributed by atoms with Gasteiger partial charge in [0.2, 0.25) is 0 Å². The summed E-state index contributed by atoms with van der Waals surface area (Å²) >= 11 is 3.30. The van der Waals surface area contributed by atoms with Gasteiger partial charge in [-0.05, 0) is 36.8 Å². The number of nitrogens with zero attached hydrogens (tertiary/aromatic N) is 4. The van der Waals surface area contributed by atoms with Crippen LogP contribution in [-0.4, -0.2) is 40.1 Å². The molecule has 0 spiro atoms. The van der Waals surface area contributed by atoms with Gasteiger partial charge < -0.3 is 5.73 Å². The highest BCUT2D eigenvalue weighted by Crippen LogP contribution is 2.13. The van der Waals surface area contributed by atoms with Crippen molar-refractivity contribution in [2.45, 2.75) is 24.3 Å². The number of halogens is 1. The van der Waals surface area contributed by atoms with Crippen LogP contribution in [0.5, 0.6) is 0 Å². The van der Waals surface area contributed by atoms with E-state index in [0.717, 1.165) is 16.2 Å². The summed E-state index contributed by atoms with van der Waals surface area (Å²) in [6, 6.07) is 5.93. The second kappa shape index (κ2) is 8.17. The Morgan fingerprint density at radius 2 is 2.04 bits per heavy atom. The zero-order valence-electron chi connectivity index (χ0n) is 14.8. The molecule has 0 unspecified atom stereocenters. The number of aryl methyl sites for hydroxylation is 1. The molecule has 0 bridgehead atoms. The van der Waals surface area contributed by atoms with Gasteiger partial charge in [0, 0.05) is 29.0 Å². The van der Waals surface area contributed by atoms with E-state index in [2.05, 4.69) is 31.0 Å². The zero-order chi connectivity index (χ0) is 20.3. The zero-order valence-corrected chi connectivity index (χ0v) is 17.2. The Kier molecular flexibility index (Phi) is 5.87. The fraction of sp³-hybridized carbons (Fsp3) is 0.176. The maximum absolute atomic E-state index is 12.5. The maximum atomic E-state index is 12.5. The molecule has 3 aromatic rings. The number of nitrogens with one attached hydrogen (secondary N) is 1. The van der Waals surface area contributed by atoms with E-state index in [0.29, 0.717) is 11.5 Å². The smallest absolute Gasteiger partial charge is 0.267 e. The third-order valence-corrected chi connectivity index (χ3v) is 5.58. The average molecular weight is 465 g/mol. The molecule has 0 saturated carbocycles. The van der Waals surface area contributed by atoms with Crippen molar-refractivity contribution < 1.29 is 13.2 Å². The summed E-state index contributed by atoms with van der Waals surface area (Å²) in [6.07, 6.45) is 5.67. The molecule has 3 N–H and O–H groups in total. The van der Waals surface area contributed by atoms with Crippen LogP contribution in [0.4, 0.5) is 0 Å². The SMILES string of the molecule is Cc1ccnc(-n2cc(S(=O)(=O)NC(=O)[C@@H](N)Cc3cc(Br)ccn3)cn2)c1. The molecule has 0 fully saturated rings. The van der Waals surface area contributed by atoms with Gasteiger partial charge in [-0.1, -0.05) is 15.9 Å². The Bertz CT molecular complexity index is 1120. The summed E-state index contributed by atoms with van der Waals surface area (Å²) in [5.74, 6) is -0.367. The van der Waals surface area contributed by atoms with Crippen molar-refractivity contribution in [1.82, 2.24) is 24.5 Å². The van der Waals surface area contributed by atoms with Crippen LogP contribution in [0, 0.1) is 6.92 Å². The summed E-state index contributed by atoms with van der Waals surface area (Å²) in [6.45, 7) is 1.88. The second-order valence-electron chi connectivity index (χ2n) is 6.06. The van der Waals surface area contributed by atoms with Crippen LogP contribution in [0.15, 0.2) is 58.4 Å². The van der Waals surface area contributed by atoms with Gasteiger partial charge in [-0.15, -0.1) is 0 Å². The molecule has 0 aromatic carbocycles. The minimum absolute atomic E-state index is 0.0905. The minimum atomic E-state index is -4.12. The number of carbonyl (C=O) groups excluding carboxylic acids is 1. The first-order valence-corrected chi connectivity index (χ1v) is 10.4. The molecule has 1 atom stereocenters. The lowest BCUT2D eigenvalue weighted by Crippen LogP contribution is -2.44. The first-order valence-electron chi connectivity index (χ1n) is 8.15. The Hall–Kier alpha value is -2.63. The van der Waals surface area contributed by atoms with Crippen molar-refractivity contribution >= 4 is 31.9 Å². The van der Waals surface area contributed by atoms with Crippen LogP contribution in [0.1, 0.15) is 11.3 Å². The number of sulfonamides is 1. The number of aromatic nitrogens is 4. The van der Waals surface area contributed by atoms with Crippen molar-refractivity contribution in [3.63, 3.8) is 0 Å². The highest BCUT2D eigenvalue weighted by molar-refractivity contribution is 9.10. The van der Waals surface area contributed by atoms with Gasteiger partial charge in [-0.2, -0.15) is 5.10 Å². The number of rotatable bonds is 6. The molecule has 0 aliphatic rings. The molecule has 28 heavy (non-hydrogen) atoms. The van der Waals surface area contributed by atoms with Crippen molar-refractivity contribution in [2.75, 3.05) is 0 Å². The van der Waals surface area contributed by atoms with E-state index in [1.807, 2.05) is 17.7 Å². The van der Waals surface area contributed by atoms with E-state index < -0.39 is 22.0 Å². The van der Waals surface area contributed by atoms with Gasteiger partial charge in [-0.25, -0.2) is 22.8 Å². The molecule has 11 heteroatoms. The minimum Gasteiger partial charge on any atom is -0.320 e. The van der Waals surface area contributed by atoms with Crippen molar-refractivity contribution in [1.29, 1.82) is 0 Å². The van der Waals surface area contributed by atoms with Crippen LogP contribution in [-0.2, 0) is 21.2 Å². The monoisotopic (exact) mass is 464 g/mol. The Morgan fingerprint density at radius 3 is 2.75 bits per heavy atom. The average Bonchev–Trinajstić information content (AvgIpc) is 3.12. The van der Waals surface area contributed by atoms with Gasteiger partial charge in [0.05, 0.1) is 18.4 Å². The quantitative estimate of drug-likeness (QED) is 0.557. The summed E-state index contributed by atoms with van der Waals surface area (Å²) in [7, 11) is -4.12. The van der Waals surface area contributed by atoms with Gasteiger partial charge in [0.15, 0.2) is 5.82 Å². The van der Waals surface area contributed by atoms with Gasteiger partial charge in [-0.3, -0.25) is 9.78 Å². The third-order valence-electron chi connectivity index (χ3n) is 3.78. The van der Waals surface area contributed by atoms with Gasteiger partial charge in [0.25, 0.3) is 15.9 Å². The van der Waals surface area contributed by atoms with Crippen molar-refractivity contribution in [3.8, 4) is 5.82 Å². The Morgan fingerprint density at radius 1 is 1.29 bits per heavy atom. The summed E-state index contributed by atoms with van der Waals surface area (Å²) < 4.78 is 29.0. The molecular formula is C17H17BrN6O3S. The highest BCUT2D eigenvalue weighted by Gasteiger charge is 2.24. The number of hydrogen-bond acceptors (Lipinski definition) is 7. The third kappa shape index (κ3) is 4.80. The topological polar surface area (TPSA) is 133 Å². The Balaban J connectivity index is 1.72. The van der Waals surface area contributed by atoms with Crippen LogP contribution in [0.3, 0.4) is 0 Å². The van der Waals surface area contributed by atoms with Crippen LogP contribution in [0.2, 0.25) is 0 Å². The van der Waals surface area contributed by atoms with E-state index in [1.54, 1.807) is 30.6 Å². The molecule has 3 heterocycles. The molecular weight excluding hydrogens is 448 g/mol. The number of nitrogens with two attached hydrogens (primary N) is 1. The van der Waals surface area contributed by atoms with E-state index >= 15 is 0 Å². The highest BCUT2D eigenvalue weighted by atomic mass is 79.9. The number of amides is 1. The predicted molar refractivity (Wildman–Crippen MR) is 105 cm³/mol. The van der Waals surface area contributed by atoms with Crippen LogP contribution < -0.4 is 10.5 Å². The molecule has 146 valence electrons. The molecule has 3 rings (SSSR count). The second-order valence-corrected chi connectivity index (χ2v) is 8.66. The summed E-state index contributed by atoms with van der Waals surface area (Å²) in [5, 5.41) is 4.00. The lowest BCUT2D eigenvalue weighted by atomic mass is 10.1. The predicted octanol–water partition coefficient (Wildman–Crippen LogP) is 1.11. The lowest BCUT2D eigenvalue weighted by molar-refractivity contribution is -0.120.